The number of ether oxygens (including phenoxy) is 1. The van der Waals surface area contributed by atoms with Crippen molar-refractivity contribution >= 4 is 34.1 Å². The highest BCUT2D eigenvalue weighted by Crippen LogP contribution is 2.28. The van der Waals surface area contributed by atoms with E-state index in [2.05, 4.69) is 15.6 Å². The summed E-state index contributed by atoms with van der Waals surface area (Å²) in [6.45, 7) is 1.39. The van der Waals surface area contributed by atoms with Crippen LogP contribution >= 0.6 is 0 Å². The van der Waals surface area contributed by atoms with Gasteiger partial charge in [-0.3, -0.25) is 14.4 Å². The van der Waals surface area contributed by atoms with Crippen molar-refractivity contribution in [2.75, 3.05) is 17.7 Å². The Kier molecular flexibility index (Phi) is 4.70. The number of carbonyl (C=O) groups excluding carboxylic acids is 2. The number of aromatic amines is 1. The molecule has 0 aliphatic rings. The van der Waals surface area contributed by atoms with Crippen molar-refractivity contribution in [2.45, 2.75) is 6.92 Å². The average Bonchev–Trinajstić information content (AvgIpc) is 2.60. The molecule has 1 aromatic heterocycles. The second-order valence-electron chi connectivity index (χ2n) is 5.64. The first-order chi connectivity index (χ1) is 12.5. The molecule has 132 valence electrons. The minimum atomic E-state index is -0.453. The Balaban J connectivity index is 2.00. The number of hydrogen-bond acceptors (Lipinski definition) is 4. The summed E-state index contributed by atoms with van der Waals surface area (Å²) in [6.07, 6.45) is 0. The van der Waals surface area contributed by atoms with Crippen LogP contribution in [0, 0.1) is 0 Å². The van der Waals surface area contributed by atoms with Gasteiger partial charge in [-0.05, 0) is 24.3 Å². The van der Waals surface area contributed by atoms with Crippen molar-refractivity contribution in [1.82, 2.24) is 4.98 Å². The maximum Gasteiger partial charge on any atom is 0.256 e. The molecule has 3 aromatic rings. The second-order valence-corrected chi connectivity index (χ2v) is 5.64. The first-order valence-corrected chi connectivity index (χ1v) is 7.87. The first-order valence-electron chi connectivity index (χ1n) is 7.87. The SMILES string of the molecule is COc1ccc(NC(C)=O)cc1NC(=O)c1cc(=O)[nH]c2ccccc12. The Morgan fingerprint density at radius 3 is 2.54 bits per heavy atom. The molecular formula is C19H17N3O4. The van der Waals surface area contributed by atoms with Crippen molar-refractivity contribution in [3.63, 3.8) is 0 Å². The molecule has 3 N–H and O–H groups in total. The summed E-state index contributed by atoms with van der Waals surface area (Å²) in [7, 11) is 1.48. The van der Waals surface area contributed by atoms with E-state index >= 15 is 0 Å². The van der Waals surface area contributed by atoms with Gasteiger partial charge in [-0.25, -0.2) is 0 Å². The van der Waals surface area contributed by atoms with Crippen LogP contribution in [0.15, 0.2) is 53.3 Å². The van der Waals surface area contributed by atoms with Crippen molar-refractivity contribution < 1.29 is 14.3 Å². The zero-order chi connectivity index (χ0) is 18.7. The number of rotatable bonds is 4. The van der Waals surface area contributed by atoms with E-state index in [-0.39, 0.29) is 17.0 Å². The number of hydrogen-bond donors (Lipinski definition) is 3. The highest BCUT2D eigenvalue weighted by molar-refractivity contribution is 6.12. The summed E-state index contributed by atoms with van der Waals surface area (Å²) in [6, 6.07) is 13.2. The Labute approximate surface area is 149 Å². The summed E-state index contributed by atoms with van der Waals surface area (Å²) >= 11 is 0. The third kappa shape index (κ3) is 3.56. The lowest BCUT2D eigenvalue weighted by Crippen LogP contribution is -2.17. The monoisotopic (exact) mass is 351 g/mol. The normalized spacial score (nSPS) is 10.4. The minimum absolute atomic E-state index is 0.229. The number of nitrogens with one attached hydrogen (secondary N) is 3. The molecule has 26 heavy (non-hydrogen) atoms. The van der Waals surface area contributed by atoms with Gasteiger partial charge in [-0.2, -0.15) is 0 Å². The van der Waals surface area contributed by atoms with Crippen LogP contribution in [0.1, 0.15) is 17.3 Å². The predicted octanol–water partition coefficient (Wildman–Crippen LogP) is 2.75. The van der Waals surface area contributed by atoms with E-state index in [0.29, 0.717) is 28.0 Å². The first kappa shape index (κ1) is 17.2. The average molecular weight is 351 g/mol. The van der Waals surface area contributed by atoms with Gasteiger partial charge < -0.3 is 20.4 Å². The summed E-state index contributed by atoms with van der Waals surface area (Å²) < 4.78 is 5.26. The van der Waals surface area contributed by atoms with E-state index in [4.69, 9.17) is 4.74 Å². The van der Waals surface area contributed by atoms with E-state index in [1.54, 1.807) is 42.5 Å². The predicted molar refractivity (Wildman–Crippen MR) is 99.8 cm³/mol. The van der Waals surface area contributed by atoms with Crippen LogP contribution in [0.3, 0.4) is 0 Å². The summed E-state index contributed by atoms with van der Waals surface area (Å²) in [4.78, 5) is 38.6. The molecular weight excluding hydrogens is 334 g/mol. The molecule has 0 bridgehead atoms. The Morgan fingerprint density at radius 1 is 1.04 bits per heavy atom. The second kappa shape index (κ2) is 7.10. The van der Waals surface area contributed by atoms with Gasteiger partial charge in [-0.15, -0.1) is 0 Å². The highest BCUT2D eigenvalue weighted by Gasteiger charge is 2.14. The number of carbonyl (C=O) groups is 2. The van der Waals surface area contributed by atoms with Crippen molar-refractivity contribution in [1.29, 1.82) is 0 Å². The number of para-hydroxylation sites is 1. The molecule has 0 aliphatic heterocycles. The summed E-state index contributed by atoms with van der Waals surface area (Å²) in [5.74, 6) is -0.250. The van der Waals surface area contributed by atoms with E-state index in [9.17, 15) is 14.4 Å². The number of pyridine rings is 1. The molecule has 0 atom stereocenters. The molecule has 0 saturated heterocycles. The van der Waals surface area contributed by atoms with Crippen LogP contribution in [0.5, 0.6) is 5.75 Å². The van der Waals surface area contributed by atoms with Crippen LogP contribution in [-0.2, 0) is 4.79 Å². The number of anilines is 2. The molecule has 0 saturated carbocycles. The van der Waals surface area contributed by atoms with Gasteiger partial charge in [0.2, 0.25) is 11.5 Å². The smallest absolute Gasteiger partial charge is 0.256 e. The molecule has 2 amide bonds. The van der Waals surface area contributed by atoms with Crippen LogP contribution in [0.4, 0.5) is 11.4 Å². The molecule has 7 nitrogen and oxygen atoms in total. The van der Waals surface area contributed by atoms with Crippen LogP contribution in [0.2, 0.25) is 0 Å². The maximum absolute atomic E-state index is 12.8. The van der Waals surface area contributed by atoms with E-state index in [1.807, 2.05) is 0 Å². The topological polar surface area (TPSA) is 100 Å². The summed E-state index contributed by atoms with van der Waals surface area (Å²) in [5.41, 5.74) is 1.35. The number of amides is 2. The molecule has 2 aromatic carbocycles. The molecule has 0 spiro atoms. The Hall–Kier alpha value is -3.61. The van der Waals surface area contributed by atoms with Crippen LogP contribution in [-0.4, -0.2) is 23.9 Å². The molecule has 7 heteroatoms. The fourth-order valence-electron chi connectivity index (χ4n) is 2.67. The number of methoxy groups -OCH3 is 1. The molecule has 0 unspecified atom stereocenters. The van der Waals surface area contributed by atoms with Crippen molar-refractivity contribution in [3.05, 3.63) is 64.4 Å². The number of aromatic nitrogens is 1. The van der Waals surface area contributed by atoms with Crippen LogP contribution < -0.4 is 20.9 Å². The fourth-order valence-corrected chi connectivity index (χ4v) is 2.67. The highest BCUT2D eigenvalue weighted by atomic mass is 16.5. The molecule has 0 radical (unpaired) electrons. The zero-order valence-electron chi connectivity index (χ0n) is 14.3. The molecule has 3 rings (SSSR count). The van der Waals surface area contributed by atoms with Gasteiger partial charge in [-0.1, -0.05) is 18.2 Å². The van der Waals surface area contributed by atoms with Crippen molar-refractivity contribution in [3.8, 4) is 5.75 Å². The standard InChI is InChI=1S/C19H17N3O4/c1-11(23)20-12-7-8-17(26-2)16(9-12)22-19(25)14-10-18(24)21-15-6-4-3-5-13(14)15/h3-10H,1-2H3,(H,20,23)(H,21,24)(H,22,25). The molecule has 1 heterocycles. The zero-order valence-corrected chi connectivity index (χ0v) is 14.3. The number of fused-ring (bicyclic) bond motifs is 1. The lowest BCUT2D eigenvalue weighted by atomic mass is 10.1. The fraction of sp³-hybridized carbons (Fsp3) is 0.105. The lowest BCUT2D eigenvalue weighted by molar-refractivity contribution is -0.114. The molecule has 0 fully saturated rings. The minimum Gasteiger partial charge on any atom is -0.495 e. The van der Waals surface area contributed by atoms with Crippen molar-refractivity contribution in [2.24, 2.45) is 0 Å². The van der Waals surface area contributed by atoms with Gasteiger partial charge in [0, 0.05) is 29.6 Å². The Morgan fingerprint density at radius 2 is 1.81 bits per heavy atom. The number of benzene rings is 2. The van der Waals surface area contributed by atoms with E-state index in [0.717, 1.165) is 0 Å². The van der Waals surface area contributed by atoms with Gasteiger partial charge in [0.15, 0.2) is 0 Å². The van der Waals surface area contributed by atoms with Crippen LogP contribution in [0.25, 0.3) is 10.9 Å². The maximum atomic E-state index is 12.8. The number of H-pyrrole nitrogens is 1. The molecule has 0 aliphatic carbocycles. The lowest BCUT2D eigenvalue weighted by Gasteiger charge is -2.13. The van der Waals surface area contributed by atoms with Gasteiger partial charge >= 0.3 is 0 Å². The van der Waals surface area contributed by atoms with Gasteiger partial charge in [0.1, 0.15) is 5.75 Å². The van der Waals surface area contributed by atoms with E-state index < -0.39 is 5.91 Å². The van der Waals surface area contributed by atoms with Gasteiger partial charge in [0.25, 0.3) is 5.91 Å². The largest absolute Gasteiger partial charge is 0.495 e. The summed E-state index contributed by atoms with van der Waals surface area (Å²) in [5, 5.41) is 6.02. The Bertz CT molecular complexity index is 1060. The third-order valence-corrected chi connectivity index (χ3v) is 3.76. The third-order valence-electron chi connectivity index (χ3n) is 3.76. The van der Waals surface area contributed by atoms with Gasteiger partial charge in [0.05, 0.1) is 18.4 Å². The quantitative estimate of drug-likeness (QED) is 0.673. The van der Waals surface area contributed by atoms with E-state index in [1.165, 1.54) is 20.1 Å².